The molecule has 0 aliphatic carbocycles. The minimum atomic E-state index is -0.686. The van der Waals surface area contributed by atoms with E-state index < -0.39 is 12.1 Å². The number of hydrogen-bond acceptors (Lipinski definition) is 7. The molecule has 0 amide bonds. The molecule has 0 bridgehead atoms. The predicted octanol–water partition coefficient (Wildman–Crippen LogP) is 3.59. The maximum absolute atomic E-state index is 12.1. The summed E-state index contributed by atoms with van der Waals surface area (Å²) in [4.78, 5) is 13.0. The standard InChI is InChI=1S/C16H11N3O3S/c1-10(14-18-19-15(22-14)13-6-3-7-23-13)21-16(20)12-5-2-4-11(8-12)9-17/h2-8,10H,1H3/t10-/m0/s1. The molecular weight excluding hydrogens is 314 g/mol. The van der Waals surface area contributed by atoms with Crippen LogP contribution in [0.1, 0.15) is 34.8 Å². The first-order valence-electron chi connectivity index (χ1n) is 6.76. The highest BCUT2D eigenvalue weighted by Crippen LogP contribution is 2.26. The lowest BCUT2D eigenvalue weighted by Crippen LogP contribution is -2.09. The molecule has 2 heterocycles. The molecule has 0 N–H and O–H groups in total. The lowest BCUT2D eigenvalue weighted by molar-refractivity contribution is 0.0280. The molecular formula is C16H11N3O3S. The van der Waals surface area contributed by atoms with Crippen molar-refractivity contribution in [1.82, 2.24) is 10.2 Å². The summed E-state index contributed by atoms with van der Waals surface area (Å²) in [5.74, 6) is 0.0630. The van der Waals surface area contributed by atoms with Gasteiger partial charge in [0.2, 0.25) is 0 Å². The number of esters is 1. The average molecular weight is 325 g/mol. The van der Waals surface area contributed by atoms with E-state index in [1.54, 1.807) is 25.1 Å². The predicted molar refractivity (Wildman–Crippen MR) is 82.6 cm³/mol. The lowest BCUT2D eigenvalue weighted by atomic mass is 10.1. The maximum Gasteiger partial charge on any atom is 0.338 e. The topological polar surface area (TPSA) is 89.0 Å². The van der Waals surface area contributed by atoms with Crippen molar-refractivity contribution in [2.24, 2.45) is 0 Å². The van der Waals surface area contributed by atoms with Crippen molar-refractivity contribution in [2.75, 3.05) is 0 Å². The third-order valence-electron chi connectivity index (χ3n) is 3.03. The first kappa shape index (κ1) is 14.9. The summed E-state index contributed by atoms with van der Waals surface area (Å²) in [6, 6.07) is 12.0. The molecule has 3 aromatic rings. The summed E-state index contributed by atoms with van der Waals surface area (Å²) in [7, 11) is 0. The second kappa shape index (κ2) is 6.42. The number of thiophene rings is 1. The van der Waals surface area contributed by atoms with Gasteiger partial charge in [0.15, 0.2) is 6.10 Å². The van der Waals surface area contributed by atoms with Gasteiger partial charge in [0.05, 0.1) is 22.1 Å². The fourth-order valence-electron chi connectivity index (χ4n) is 1.89. The molecule has 0 fully saturated rings. The number of carbonyl (C=O) groups excluding carboxylic acids is 1. The fourth-order valence-corrected chi connectivity index (χ4v) is 2.54. The number of hydrogen-bond donors (Lipinski definition) is 0. The van der Waals surface area contributed by atoms with E-state index in [4.69, 9.17) is 14.4 Å². The molecule has 1 aromatic carbocycles. The SMILES string of the molecule is C[C@H](OC(=O)c1cccc(C#N)c1)c1nnc(-c2cccs2)o1. The van der Waals surface area contributed by atoms with Gasteiger partial charge in [-0.25, -0.2) is 4.79 Å². The third-order valence-corrected chi connectivity index (χ3v) is 3.89. The van der Waals surface area contributed by atoms with Crippen LogP contribution in [0.25, 0.3) is 10.8 Å². The molecule has 114 valence electrons. The summed E-state index contributed by atoms with van der Waals surface area (Å²) >= 11 is 1.48. The molecule has 6 nitrogen and oxygen atoms in total. The molecule has 1 atom stereocenters. The van der Waals surface area contributed by atoms with Gasteiger partial charge >= 0.3 is 5.97 Å². The van der Waals surface area contributed by atoms with E-state index >= 15 is 0 Å². The Bertz CT molecular complexity index is 865. The molecule has 0 saturated carbocycles. The highest BCUT2D eigenvalue weighted by atomic mass is 32.1. The van der Waals surface area contributed by atoms with Gasteiger partial charge in [0.1, 0.15) is 0 Å². The van der Waals surface area contributed by atoms with Crippen LogP contribution in [-0.4, -0.2) is 16.2 Å². The molecule has 2 aromatic heterocycles. The van der Waals surface area contributed by atoms with Crippen molar-refractivity contribution < 1.29 is 13.9 Å². The van der Waals surface area contributed by atoms with E-state index in [1.807, 2.05) is 23.6 Å². The Labute approximate surface area is 136 Å². The summed E-state index contributed by atoms with van der Waals surface area (Å²) < 4.78 is 10.8. The second-order valence-electron chi connectivity index (χ2n) is 4.66. The summed E-state index contributed by atoms with van der Waals surface area (Å²) in [6.45, 7) is 1.65. The van der Waals surface area contributed by atoms with Crippen LogP contribution >= 0.6 is 11.3 Å². The Morgan fingerprint density at radius 2 is 2.22 bits per heavy atom. The van der Waals surface area contributed by atoms with Gasteiger partial charge in [0.25, 0.3) is 11.8 Å². The monoisotopic (exact) mass is 325 g/mol. The zero-order valence-electron chi connectivity index (χ0n) is 12.1. The molecule has 0 spiro atoms. The third kappa shape index (κ3) is 3.27. The van der Waals surface area contributed by atoms with Gasteiger partial charge in [-0.2, -0.15) is 5.26 Å². The van der Waals surface area contributed by atoms with Crippen LogP contribution in [0, 0.1) is 11.3 Å². The van der Waals surface area contributed by atoms with Gasteiger partial charge in [-0.1, -0.05) is 12.1 Å². The Hall–Kier alpha value is -2.98. The van der Waals surface area contributed by atoms with Gasteiger partial charge in [-0.3, -0.25) is 0 Å². The number of nitriles is 1. The molecule has 0 aliphatic heterocycles. The number of ether oxygens (including phenoxy) is 1. The van der Waals surface area contributed by atoms with E-state index in [0.717, 1.165) is 4.88 Å². The van der Waals surface area contributed by atoms with E-state index in [-0.39, 0.29) is 5.89 Å². The van der Waals surface area contributed by atoms with Crippen molar-refractivity contribution in [3.05, 3.63) is 58.8 Å². The van der Waals surface area contributed by atoms with Gasteiger partial charge in [0, 0.05) is 0 Å². The maximum atomic E-state index is 12.1. The summed E-state index contributed by atoms with van der Waals surface area (Å²) in [5.41, 5.74) is 0.693. The highest BCUT2D eigenvalue weighted by Gasteiger charge is 2.20. The van der Waals surface area contributed by atoms with Crippen molar-refractivity contribution in [3.8, 4) is 16.8 Å². The van der Waals surface area contributed by atoms with Crippen molar-refractivity contribution in [1.29, 1.82) is 5.26 Å². The van der Waals surface area contributed by atoms with Crippen molar-refractivity contribution in [3.63, 3.8) is 0 Å². The zero-order chi connectivity index (χ0) is 16.2. The Morgan fingerprint density at radius 3 is 2.96 bits per heavy atom. The Balaban J connectivity index is 1.72. The Kier molecular flexibility index (Phi) is 4.17. The summed E-state index contributed by atoms with van der Waals surface area (Å²) in [6.07, 6.45) is -0.686. The van der Waals surface area contributed by atoms with Crippen LogP contribution < -0.4 is 0 Å². The van der Waals surface area contributed by atoms with Gasteiger partial charge < -0.3 is 9.15 Å². The number of aromatic nitrogens is 2. The largest absolute Gasteiger partial charge is 0.449 e. The fraction of sp³-hybridized carbons (Fsp3) is 0.125. The molecule has 0 aliphatic rings. The highest BCUT2D eigenvalue weighted by molar-refractivity contribution is 7.13. The van der Waals surface area contributed by atoms with Gasteiger partial charge in [-0.05, 0) is 36.6 Å². The van der Waals surface area contributed by atoms with E-state index in [9.17, 15) is 4.79 Å². The lowest BCUT2D eigenvalue weighted by Gasteiger charge is -2.09. The van der Waals surface area contributed by atoms with Crippen LogP contribution in [0.5, 0.6) is 0 Å². The molecule has 0 saturated heterocycles. The van der Waals surface area contributed by atoms with E-state index in [2.05, 4.69) is 10.2 Å². The van der Waals surface area contributed by atoms with E-state index in [0.29, 0.717) is 17.0 Å². The first-order chi connectivity index (χ1) is 11.2. The smallest absolute Gasteiger partial charge is 0.338 e. The van der Waals surface area contributed by atoms with Crippen LogP contribution in [0.4, 0.5) is 0 Å². The van der Waals surface area contributed by atoms with Crippen molar-refractivity contribution in [2.45, 2.75) is 13.0 Å². The molecule has 23 heavy (non-hydrogen) atoms. The molecule has 0 unspecified atom stereocenters. The van der Waals surface area contributed by atoms with Crippen LogP contribution in [-0.2, 0) is 4.74 Å². The molecule has 0 radical (unpaired) electrons. The van der Waals surface area contributed by atoms with Gasteiger partial charge in [-0.15, -0.1) is 21.5 Å². The quantitative estimate of drug-likeness (QED) is 0.681. The summed E-state index contributed by atoms with van der Waals surface area (Å²) in [5, 5.41) is 18.6. The van der Waals surface area contributed by atoms with Crippen molar-refractivity contribution >= 4 is 17.3 Å². The zero-order valence-corrected chi connectivity index (χ0v) is 12.9. The Morgan fingerprint density at radius 1 is 1.35 bits per heavy atom. The van der Waals surface area contributed by atoms with E-state index in [1.165, 1.54) is 17.4 Å². The number of nitrogens with zero attached hydrogens (tertiary/aromatic N) is 3. The minimum absolute atomic E-state index is 0.221. The number of carbonyl (C=O) groups is 1. The number of rotatable bonds is 4. The second-order valence-corrected chi connectivity index (χ2v) is 5.61. The first-order valence-corrected chi connectivity index (χ1v) is 7.64. The van der Waals surface area contributed by atoms with Crippen LogP contribution in [0.15, 0.2) is 46.2 Å². The van der Waals surface area contributed by atoms with Crippen LogP contribution in [0.3, 0.4) is 0 Å². The molecule has 7 heteroatoms. The average Bonchev–Trinajstić information content (AvgIpc) is 3.25. The molecule has 3 rings (SSSR count). The number of benzene rings is 1. The minimum Gasteiger partial charge on any atom is -0.449 e. The van der Waals surface area contributed by atoms with Crippen LogP contribution in [0.2, 0.25) is 0 Å². The normalized spacial score (nSPS) is 11.7.